The lowest BCUT2D eigenvalue weighted by Crippen LogP contribution is -2.43. The lowest BCUT2D eigenvalue weighted by molar-refractivity contribution is -0.129. The van der Waals surface area contributed by atoms with Gasteiger partial charge in [0.15, 0.2) is 0 Å². The van der Waals surface area contributed by atoms with E-state index in [9.17, 15) is 4.79 Å². The van der Waals surface area contributed by atoms with Crippen molar-refractivity contribution >= 4 is 5.78 Å². The number of likely N-dealkylation sites (tertiary alicyclic amines) is 1. The number of ketones is 1. The quantitative estimate of drug-likeness (QED) is 0.764. The van der Waals surface area contributed by atoms with E-state index in [1.54, 1.807) is 0 Å². The number of Topliss-reactive ketones (excluding diaryl/α,β-unsaturated/α-hetero) is 1. The van der Waals surface area contributed by atoms with Crippen LogP contribution < -0.4 is 0 Å². The summed E-state index contributed by atoms with van der Waals surface area (Å²) in [5, 5.41) is 0. The van der Waals surface area contributed by atoms with Gasteiger partial charge in [0, 0.05) is 24.9 Å². The Balaban J connectivity index is 1.48. The standard InChI is InChI=1S/C19H33NO/c21-19(17-10-5-2-6-11-17)18-12-7-13-20(15-18)14-16-8-3-1-4-9-16/h16-18H,1-15H2. The first-order valence-corrected chi connectivity index (χ1v) is 9.59. The summed E-state index contributed by atoms with van der Waals surface area (Å²) < 4.78 is 0. The Morgan fingerprint density at radius 2 is 1.38 bits per heavy atom. The maximum absolute atomic E-state index is 12.8. The second kappa shape index (κ2) is 7.76. The number of rotatable bonds is 4. The molecule has 1 heterocycles. The van der Waals surface area contributed by atoms with Crippen molar-refractivity contribution in [2.24, 2.45) is 17.8 Å². The molecule has 0 aromatic rings. The molecule has 0 aromatic heterocycles. The van der Waals surface area contributed by atoms with Crippen LogP contribution in [0.25, 0.3) is 0 Å². The minimum Gasteiger partial charge on any atom is -0.302 e. The molecule has 3 aliphatic rings. The van der Waals surface area contributed by atoms with Gasteiger partial charge in [-0.15, -0.1) is 0 Å². The first kappa shape index (κ1) is 15.5. The van der Waals surface area contributed by atoms with E-state index < -0.39 is 0 Å². The van der Waals surface area contributed by atoms with Crippen LogP contribution in [0.5, 0.6) is 0 Å². The highest BCUT2D eigenvalue weighted by molar-refractivity contribution is 5.83. The van der Waals surface area contributed by atoms with Gasteiger partial charge in [-0.25, -0.2) is 0 Å². The van der Waals surface area contributed by atoms with Crippen LogP contribution >= 0.6 is 0 Å². The summed E-state index contributed by atoms with van der Waals surface area (Å²) in [5.74, 6) is 2.33. The fourth-order valence-electron chi connectivity index (χ4n) is 4.91. The van der Waals surface area contributed by atoms with E-state index in [2.05, 4.69) is 4.90 Å². The van der Waals surface area contributed by atoms with E-state index >= 15 is 0 Å². The van der Waals surface area contributed by atoms with Crippen molar-refractivity contribution in [3.05, 3.63) is 0 Å². The Morgan fingerprint density at radius 3 is 2.10 bits per heavy atom. The highest BCUT2D eigenvalue weighted by Gasteiger charge is 2.32. The van der Waals surface area contributed by atoms with Gasteiger partial charge < -0.3 is 4.90 Å². The largest absolute Gasteiger partial charge is 0.302 e. The molecule has 0 spiro atoms. The zero-order chi connectivity index (χ0) is 14.5. The topological polar surface area (TPSA) is 20.3 Å². The van der Waals surface area contributed by atoms with Crippen LogP contribution in [0, 0.1) is 17.8 Å². The summed E-state index contributed by atoms with van der Waals surface area (Å²) in [6, 6.07) is 0. The van der Waals surface area contributed by atoms with Gasteiger partial charge in [-0.1, -0.05) is 38.5 Å². The molecule has 2 aliphatic carbocycles. The molecule has 1 atom stereocenters. The smallest absolute Gasteiger partial charge is 0.140 e. The van der Waals surface area contributed by atoms with E-state index in [0.717, 1.165) is 18.9 Å². The number of hydrogen-bond donors (Lipinski definition) is 0. The molecule has 0 aromatic carbocycles. The van der Waals surface area contributed by atoms with Crippen LogP contribution in [-0.4, -0.2) is 30.3 Å². The Labute approximate surface area is 130 Å². The van der Waals surface area contributed by atoms with E-state index in [-0.39, 0.29) is 0 Å². The number of carbonyl (C=O) groups excluding carboxylic acids is 1. The third-order valence-corrected chi connectivity index (χ3v) is 6.16. The van der Waals surface area contributed by atoms with Gasteiger partial charge in [0.2, 0.25) is 0 Å². The molecule has 1 aliphatic heterocycles. The molecule has 0 bridgehead atoms. The predicted molar refractivity (Wildman–Crippen MR) is 87.3 cm³/mol. The van der Waals surface area contributed by atoms with Crippen molar-refractivity contribution in [2.45, 2.75) is 77.0 Å². The summed E-state index contributed by atoms with van der Waals surface area (Å²) in [4.78, 5) is 15.4. The molecule has 1 saturated heterocycles. The number of carbonyl (C=O) groups is 1. The molecule has 1 unspecified atom stereocenters. The molecule has 2 heteroatoms. The summed E-state index contributed by atoms with van der Waals surface area (Å²) >= 11 is 0. The molecular formula is C19H33NO. The van der Waals surface area contributed by atoms with Crippen molar-refractivity contribution < 1.29 is 4.79 Å². The van der Waals surface area contributed by atoms with Gasteiger partial charge in [-0.3, -0.25) is 4.79 Å². The first-order valence-electron chi connectivity index (χ1n) is 9.59. The second-order valence-corrected chi connectivity index (χ2v) is 7.84. The molecule has 2 nitrogen and oxygen atoms in total. The number of nitrogens with zero attached hydrogens (tertiary/aromatic N) is 1. The van der Waals surface area contributed by atoms with Crippen molar-refractivity contribution in [1.82, 2.24) is 4.90 Å². The fraction of sp³-hybridized carbons (Fsp3) is 0.947. The minimum absolute atomic E-state index is 0.366. The normalized spacial score (nSPS) is 30.4. The van der Waals surface area contributed by atoms with Crippen molar-refractivity contribution in [1.29, 1.82) is 0 Å². The van der Waals surface area contributed by atoms with Crippen LogP contribution in [0.15, 0.2) is 0 Å². The molecular weight excluding hydrogens is 258 g/mol. The average Bonchev–Trinajstić information content (AvgIpc) is 2.56. The van der Waals surface area contributed by atoms with Crippen molar-refractivity contribution in [3.8, 4) is 0 Å². The minimum atomic E-state index is 0.366. The van der Waals surface area contributed by atoms with Crippen LogP contribution in [0.3, 0.4) is 0 Å². The highest BCUT2D eigenvalue weighted by Crippen LogP contribution is 2.31. The molecule has 0 N–H and O–H groups in total. The van der Waals surface area contributed by atoms with Gasteiger partial charge in [-0.05, 0) is 51.0 Å². The van der Waals surface area contributed by atoms with Crippen LogP contribution in [0.4, 0.5) is 0 Å². The van der Waals surface area contributed by atoms with Crippen molar-refractivity contribution in [3.63, 3.8) is 0 Å². The van der Waals surface area contributed by atoms with Crippen LogP contribution in [0.1, 0.15) is 77.0 Å². The molecule has 3 fully saturated rings. The van der Waals surface area contributed by atoms with Crippen LogP contribution in [-0.2, 0) is 4.79 Å². The Kier molecular flexibility index (Phi) is 5.74. The third kappa shape index (κ3) is 4.31. The molecule has 21 heavy (non-hydrogen) atoms. The summed E-state index contributed by atoms with van der Waals surface area (Å²) in [6.07, 6.45) is 15.9. The maximum Gasteiger partial charge on any atom is 0.140 e. The molecule has 120 valence electrons. The third-order valence-electron chi connectivity index (χ3n) is 6.16. The first-order chi connectivity index (χ1) is 10.3. The predicted octanol–water partition coefficient (Wildman–Crippen LogP) is 4.43. The van der Waals surface area contributed by atoms with Crippen molar-refractivity contribution in [2.75, 3.05) is 19.6 Å². The summed E-state index contributed by atoms with van der Waals surface area (Å²) in [7, 11) is 0. The lowest BCUT2D eigenvalue weighted by atomic mass is 9.79. The Bertz CT molecular complexity index is 328. The van der Waals surface area contributed by atoms with Gasteiger partial charge in [-0.2, -0.15) is 0 Å². The fourth-order valence-corrected chi connectivity index (χ4v) is 4.91. The summed E-state index contributed by atoms with van der Waals surface area (Å²) in [6.45, 7) is 3.59. The van der Waals surface area contributed by atoms with E-state index in [4.69, 9.17) is 0 Å². The molecule has 0 amide bonds. The van der Waals surface area contributed by atoms with Gasteiger partial charge in [0.05, 0.1) is 0 Å². The monoisotopic (exact) mass is 291 g/mol. The lowest BCUT2D eigenvalue weighted by Gasteiger charge is -2.37. The maximum atomic E-state index is 12.8. The number of hydrogen-bond acceptors (Lipinski definition) is 2. The molecule has 0 radical (unpaired) electrons. The Morgan fingerprint density at radius 1 is 0.762 bits per heavy atom. The zero-order valence-electron chi connectivity index (χ0n) is 13.7. The number of piperidine rings is 1. The molecule has 2 saturated carbocycles. The van der Waals surface area contributed by atoms with E-state index in [1.165, 1.54) is 83.7 Å². The van der Waals surface area contributed by atoms with Gasteiger partial charge in [0.25, 0.3) is 0 Å². The van der Waals surface area contributed by atoms with Gasteiger partial charge in [0.1, 0.15) is 5.78 Å². The van der Waals surface area contributed by atoms with Gasteiger partial charge >= 0.3 is 0 Å². The molecule has 3 rings (SSSR count). The second-order valence-electron chi connectivity index (χ2n) is 7.84. The SMILES string of the molecule is O=C(C1CCCCC1)C1CCCN(CC2CCCCC2)C1. The average molecular weight is 291 g/mol. The zero-order valence-corrected chi connectivity index (χ0v) is 13.7. The Hall–Kier alpha value is -0.370. The summed E-state index contributed by atoms with van der Waals surface area (Å²) in [5.41, 5.74) is 0. The van der Waals surface area contributed by atoms with Crippen LogP contribution in [0.2, 0.25) is 0 Å². The van der Waals surface area contributed by atoms with E-state index in [0.29, 0.717) is 17.6 Å². The highest BCUT2D eigenvalue weighted by atomic mass is 16.1. The van der Waals surface area contributed by atoms with E-state index in [1.807, 2.05) is 0 Å².